The molecule has 0 aromatic heterocycles. The minimum atomic E-state index is -0.651. The summed E-state index contributed by atoms with van der Waals surface area (Å²) in [4.78, 5) is 12.6. The van der Waals surface area contributed by atoms with Gasteiger partial charge < -0.3 is 10.1 Å². The first kappa shape index (κ1) is 13.8. The highest BCUT2D eigenvalue weighted by Crippen LogP contribution is 2.33. The third-order valence-electron chi connectivity index (χ3n) is 3.84. The smallest absolute Gasteiger partial charge is 0.239 e. The quantitative estimate of drug-likeness (QED) is 0.853. The van der Waals surface area contributed by atoms with Crippen LogP contribution >= 0.6 is 0 Å². The van der Waals surface area contributed by atoms with Gasteiger partial charge in [0, 0.05) is 5.69 Å². The number of ether oxygens (including phenoxy) is 1. The third-order valence-corrected chi connectivity index (χ3v) is 3.84. The largest absolute Gasteiger partial charge is 0.378 e. The Kier molecular flexibility index (Phi) is 3.51. The maximum absolute atomic E-state index is 12.9. The molecule has 106 valence electrons. The van der Waals surface area contributed by atoms with Crippen molar-refractivity contribution in [3.05, 3.63) is 59.9 Å². The topological polar surface area (TPSA) is 38.3 Å². The molecule has 1 heterocycles. The molecule has 0 atom stereocenters. The highest BCUT2D eigenvalue weighted by molar-refractivity contribution is 6.32. The van der Waals surface area contributed by atoms with Crippen molar-refractivity contribution in [3.63, 3.8) is 0 Å². The number of nitrogens with one attached hydrogen (secondary N) is 1. The standard InChI is InChI=1S/C16H15BFNO2/c17-12-3-1-11(2-4-12)16(9-21-10-16)15(20)19-14-7-5-13(18)6-8-14/h1-8H,9-10,17H2,(H,19,20). The summed E-state index contributed by atoms with van der Waals surface area (Å²) in [6.45, 7) is 0.728. The Hall–Kier alpha value is -2.14. The van der Waals surface area contributed by atoms with Crippen LogP contribution in [0.1, 0.15) is 5.56 Å². The van der Waals surface area contributed by atoms with Crippen LogP contribution in [0.2, 0.25) is 0 Å². The lowest BCUT2D eigenvalue weighted by Crippen LogP contribution is -2.55. The number of carbonyl (C=O) groups excluding carboxylic acids is 1. The van der Waals surface area contributed by atoms with Crippen LogP contribution in [0.4, 0.5) is 10.1 Å². The lowest BCUT2D eigenvalue weighted by molar-refractivity contribution is -0.139. The molecular weight excluding hydrogens is 268 g/mol. The predicted octanol–water partition coefficient (Wildman–Crippen LogP) is 0.991. The summed E-state index contributed by atoms with van der Waals surface area (Å²) in [5, 5.41) is 2.84. The number of hydrogen-bond donors (Lipinski definition) is 1. The summed E-state index contributed by atoms with van der Waals surface area (Å²) in [5.41, 5.74) is 2.02. The molecule has 1 amide bonds. The summed E-state index contributed by atoms with van der Waals surface area (Å²) in [6.07, 6.45) is 0. The van der Waals surface area contributed by atoms with Gasteiger partial charge in [-0.25, -0.2) is 4.39 Å². The van der Waals surface area contributed by atoms with Gasteiger partial charge in [-0.2, -0.15) is 0 Å². The van der Waals surface area contributed by atoms with E-state index < -0.39 is 5.41 Å². The van der Waals surface area contributed by atoms with Gasteiger partial charge in [-0.3, -0.25) is 4.79 Å². The Bertz CT molecular complexity index is 651. The molecule has 2 aromatic carbocycles. The van der Waals surface area contributed by atoms with Gasteiger partial charge in [0.15, 0.2) is 0 Å². The molecule has 0 spiro atoms. The normalized spacial score (nSPS) is 16.0. The molecule has 0 unspecified atom stereocenters. The monoisotopic (exact) mass is 283 g/mol. The minimum Gasteiger partial charge on any atom is -0.378 e. The maximum Gasteiger partial charge on any atom is 0.239 e. The van der Waals surface area contributed by atoms with Crippen molar-refractivity contribution in [1.29, 1.82) is 0 Å². The van der Waals surface area contributed by atoms with Crippen molar-refractivity contribution in [2.24, 2.45) is 0 Å². The van der Waals surface area contributed by atoms with Gasteiger partial charge >= 0.3 is 0 Å². The summed E-state index contributed by atoms with van der Waals surface area (Å²) in [6, 6.07) is 13.6. The van der Waals surface area contributed by atoms with Gasteiger partial charge in [-0.15, -0.1) is 0 Å². The van der Waals surface area contributed by atoms with E-state index in [2.05, 4.69) is 5.32 Å². The van der Waals surface area contributed by atoms with Crippen LogP contribution in [0.5, 0.6) is 0 Å². The molecule has 1 fully saturated rings. The number of anilines is 1. The minimum absolute atomic E-state index is 0.121. The van der Waals surface area contributed by atoms with Gasteiger partial charge in [0.25, 0.3) is 0 Å². The fraction of sp³-hybridized carbons (Fsp3) is 0.188. The van der Waals surface area contributed by atoms with Crippen LogP contribution in [0.25, 0.3) is 0 Å². The lowest BCUT2D eigenvalue weighted by atomic mass is 9.76. The highest BCUT2D eigenvalue weighted by atomic mass is 19.1. The SMILES string of the molecule is Bc1ccc(C2(C(=O)Nc3ccc(F)cc3)COC2)cc1. The average Bonchev–Trinajstić information content (AvgIpc) is 2.42. The maximum atomic E-state index is 12.9. The van der Waals surface area contributed by atoms with Crippen LogP contribution < -0.4 is 10.8 Å². The molecule has 0 aliphatic carbocycles. The van der Waals surface area contributed by atoms with Gasteiger partial charge in [0.05, 0.1) is 13.2 Å². The Labute approximate surface area is 123 Å². The van der Waals surface area contributed by atoms with Gasteiger partial charge in [0.2, 0.25) is 5.91 Å². The molecular formula is C16H15BFNO2. The summed E-state index contributed by atoms with van der Waals surface area (Å²) in [5.74, 6) is -0.447. The van der Waals surface area contributed by atoms with Crippen LogP contribution in [-0.2, 0) is 14.9 Å². The van der Waals surface area contributed by atoms with Crippen LogP contribution in [-0.4, -0.2) is 27.0 Å². The zero-order valence-corrected chi connectivity index (χ0v) is 11.7. The van der Waals surface area contributed by atoms with E-state index in [1.54, 1.807) is 12.1 Å². The van der Waals surface area contributed by atoms with Crippen molar-refractivity contribution in [2.45, 2.75) is 5.41 Å². The first-order valence-corrected chi connectivity index (χ1v) is 6.82. The summed E-state index contributed by atoms with van der Waals surface area (Å²) < 4.78 is 18.2. The summed E-state index contributed by atoms with van der Waals surface area (Å²) >= 11 is 0. The molecule has 2 aromatic rings. The number of benzene rings is 2. The lowest BCUT2D eigenvalue weighted by Gasteiger charge is -2.40. The second-order valence-electron chi connectivity index (χ2n) is 5.40. The van der Waals surface area contributed by atoms with Crippen LogP contribution in [0, 0.1) is 5.82 Å². The molecule has 1 N–H and O–H groups in total. The zero-order valence-electron chi connectivity index (χ0n) is 11.7. The van der Waals surface area contributed by atoms with Crippen molar-refractivity contribution < 1.29 is 13.9 Å². The second kappa shape index (κ2) is 5.33. The Balaban J connectivity index is 1.83. The van der Waals surface area contributed by atoms with E-state index in [1.165, 1.54) is 12.1 Å². The van der Waals surface area contributed by atoms with Gasteiger partial charge in [-0.05, 0) is 29.8 Å². The van der Waals surface area contributed by atoms with Crippen molar-refractivity contribution >= 4 is 24.9 Å². The Morgan fingerprint density at radius 1 is 1.10 bits per heavy atom. The molecule has 0 bridgehead atoms. The first-order chi connectivity index (χ1) is 10.1. The molecule has 21 heavy (non-hydrogen) atoms. The molecule has 3 nitrogen and oxygen atoms in total. The Morgan fingerprint density at radius 2 is 1.71 bits per heavy atom. The molecule has 5 heteroatoms. The fourth-order valence-corrected chi connectivity index (χ4v) is 2.39. The van der Waals surface area contributed by atoms with E-state index in [-0.39, 0.29) is 11.7 Å². The zero-order chi connectivity index (χ0) is 14.9. The highest BCUT2D eigenvalue weighted by Gasteiger charge is 2.47. The molecule has 3 rings (SSSR count). The number of carbonyl (C=O) groups is 1. The molecule has 0 radical (unpaired) electrons. The molecule has 1 aliphatic heterocycles. The number of hydrogen-bond acceptors (Lipinski definition) is 2. The summed E-state index contributed by atoms with van der Waals surface area (Å²) in [7, 11) is 2.01. The third kappa shape index (κ3) is 2.57. The first-order valence-electron chi connectivity index (χ1n) is 6.82. The molecule has 0 saturated carbocycles. The fourth-order valence-electron chi connectivity index (χ4n) is 2.39. The average molecular weight is 283 g/mol. The van der Waals surface area contributed by atoms with Crippen LogP contribution in [0.3, 0.4) is 0 Å². The van der Waals surface area contributed by atoms with E-state index in [0.717, 1.165) is 11.0 Å². The number of halogens is 1. The van der Waals surface area contributed by atoms with Crippen molar-refractivity contribution in [1.82, 2.24) is 0 Å². The van der Waals surface area contributed by atoms with E-state index in [0.29, 0.717) is 18.9 Å². The second-order valence-corrected chi connectivity index (χ2v) is 5.40. The van der Waals surface area contributed by atoms with Crippen LogP contribution in [0.15, 0.2) is 48.5 Å². The van der Waals surface area contributed by atoms with E-state index in [9.17, 15) is 9.18 Å². The van der Waals surface area contributed by atoms with Crippen molar-refractivity contribution in [2.75, 3.05) is 18.5 Å². The predicted molar refractivity (Wildman–Crippen MR) is 82.1 cm³/mol. The Morgan fingerprint density at radius 3 is 2.24 bits per heavy atom. The van der Waals surface area contributed by atoms with Crippen molar-refractivity contribution in [3.8, 4) is 0 Å². The van der Waals surface area contributed by atoms with E-state index in [1.807, 2.05) is 32.1 Å². The molecule has 1 saturated heterocycles. The van der Waals surface area contributed by atoms with Gasteiger partial charge in [0.1, 0.15) is 19.1 Å². The number of rotatable bonds is 3. The van der Waals surface area contributed by atoms with E-state index in [4.69, 9.17) is 4.74 Å². The molecule has 1 aliphatic rings. The number of amides is 1. The van der Waals surface area contributed by atoms with Gasteiger partial charge in [-0.1, -0.05) is 29.7 Å². The van der Waals surface area contributed by atoms with E-state index >= 15 is 0 Å².